The Morgan fingerprint density at radius 3 is 2.33 bits per heavy atom. The molecule has 0 fully saturated rings. The summed E-state index contributed by atoms with van der Waals surface area (Å²) in [5.74, 6) is 0.807. The third-order valence-corrected chi connectivity index (χ3v) is 1.71. The first-order valence-electron chi connectivity index (χ1n) is 3.32. The fraction of sp³-hybridized carbons (Fsp3) is 0.250. The average molecular weight is 314 g/mol. The average Bonchev–Trinajstić information content (AvgIpc) is 2.02. The molecule has 0 aliphatic rings. The zero-order valence-corrected chi connectivity index (χ0v) is 10.1. The quantitative estimate of drug-likeness (QED) is 0.772. The third kappa shape index (κ3) is 4.33. The van der Waals surface area contributed by atoms with E-state index in [1.54, 1.807) is 0 Å². The van der Waals surface area contributed by atoms with Crippen molar-refractivity contribution in [3.05, 3.63) is 30.3 Å². The summed E-state index contributed by atoms with van der Waals surface area (Å²) >= 11 is 12.2. The van der Waals surface area contributed by atoms with Gasteiger partial charge in [-0.05, 0) is 12.1 Å². The number of benzene rings is 1. The monoisotopic (exact) mass is 312 g/mol. The summed E-state index contributed by atoms with van der Waals surface area (Å²) in [6.45, 7) is 0.360. The van der Waals surface area contributed by atoms with Crippen molar-refractivity contribution < 1.29 is 4.74 Å². The van der Waals surface area contributed by atoms with Crippen molar-refractivity contribution in [2.24, 2.45) is 0 Å². The Balaban J connectivity index is 2.44. The van der Waals surface area contributed by atoms with Crippen LogP contribution in [0, 0.1) is 0 Å². The van der Waals surface area contributed by atoms with E-state index in [-0.39, 0.29) is 0 Å². The normalized spacial score (nSPS) is 11.2. The molecule has 1 rings (SSSR count). The maximum atomic E-state index is 5.79. The van der Waals surface area contributed by atoms with E-state index in [2.05, 4.69) is 31.9 Å². The van der Waals surface area contributed by atoms with Gasteiger partial charge in [0.25, 0.3) is 0 Å². The summed E-state index contributed by atoms with van der Waals surface area (Å²) in [6, 6.07) is 9.51. The van der Waals surface area contributed by atoms with E-state index < -0.39 is 2.69 Å². The Kier molecular flexibility index (Phi) is 3.87. The summed E-state index contributed by atoms with van der Waals surface area (Å²) in [6.07, 6.45) is 0. The first-order valence-corrected chi connectivity index (χ1v) is 5.29. The number of alkyl halides is 3. The number of hydrogen-bond donors (Lipinski definition) is 0. The maximum Gasteiger partial charge on any atom is 0.187 e. The standard InChI is InChI=1S/C8H7Br2ClO/c9-8(10,11)6-12-7-4-2-1-3-5-7/h1-5H,6H2. The Hall–Kier alpha value is 0.270. The molecule has 0 aliphatic carbocycles. The molecule has 0 aliphatic heterocycles. The molecule has 66 valence electrons. The van der Waals surface area contributed by atoms with Gasteiger partial charge < -0.3 is 4.74 Å². The number of para-hydroxylation sites is 1. The molecule has 0 atom stereocenters. The van der Waals surface area contributed by atoms with Gasteiger partial charge in [-0.3, -0.25) is 0 Å². The minimum absolute atomic E-state index is 0.360. The molecule has 0 saturated carbocycles. The zero-order valence-electron chi connectivity index (χ0n) is 6.14. The molecule has 0 spiro atoms. The number of rotatable bonds is 3. The predicted molar refractivity (Wildman–Crippen MR) is 58.4 cm³/mol. The second-order valence-electron chi connectivity index (χ2n) is 2.22. The molecule has 1 nitrogen and oxygen atoms in total. The van der Waals surface area contributed by atoms with Gasteiger partial charge in [-0.15, -0.1) is 0 Å². The lowest BCUT2D eigenvalue weighted by Gasteiger charge is -2.12. The molecule has 0 bridgehead atoms. The first kappa shape index (κ1) is 10.4. The minimum atomic E-state index is -0.671. The zero-order chi connectivity index (χ0) is 9.03. The van der Waals surface area contributed by atoms with E-state index in [4.69, 9.17) is 16.3 Å². The van der Waals surface area contributed by atoms with Gasteiger partial charge in [0.2, 0.25) is 0 Å². The lowest BCUT2D eigenvalue weighted by atomic mass is 10.3. The van der Waals surface area contributed by atoms with Crippen LogP contribution in [0.15, 0.2) is 30.3 Å². The molecular formula is C8H7Br2ClO. The van der Waals surface area contributed by atoms with Gasteiger partial charge in [0.15, 0.2) is 2.69 Å². The van der Waals surface area contributed by atoms with E-state index in [1.807, 2.05) is 30.3 Å². The molecule has 0 N–H and O–H groups in total. The van der Waals surface area contributed by atoms with Crippen molar-refractivity contribution in [1.82, 2.24) is 0 Å². The molecule has 0 aromatic heterocycles. The van der Waals surface area contributed by atoms with Crippen molar-refractivity contribution in [3.63, 3.8) is 0 Å². The second kappa shape index (κ2) is 4.49. The smallest absolute Gasteiger partial charge is 0.187 e. The molecular weight excluding hydrogens is 307 g/mol. The van der Waals surface area contributed by atoms with E-state index in [9.17, 15) is 0 Å². The van der Waals surface area contributed by atoms with Crippen molar-refractivity contribution in [3.8, 4) is 5.75 Å². The first-order chi connectivity index (χ1) is 5.58. The van der Waals surface area contributed by atoms with Crippen molar-refractivity contribution in [2.45, 2.75) is 2.69 Å². The fourth-order valence-corrected chi connectivity index (χ4v) is 0.965. The lowest BCUT2D eigenvalue weighted by Crippen LogP contribution is -2.13. The fourth-order valence-electron chi connectivity index (χ4n) is 0.682. The molecule has 0 radical (unpaired) electrons. The highest BCUT2D eigenvalue weighted by Gasteiger charge is 2.18. The van der Waals surface area contributed by atoms with Gasteiger partial charge in [0, 0.05) is 0 Å². The molecule has 0 unspecified atom stereocenters. The molecule has 1 aromatic carbocycles. The van der Waals surface area contributed by atoms with Crippen LogP contribution in [0.2, 0.25) is 0 Å². The maximum absolute atomic E-state index is 5.79. The van der Waals surface area contributed by atoms with Gasteiger partial charge >= 0.3 is 0 Å². The van der Waals surface area contributed by atoms with Crippen LogP contribution in [0.3, 0.4) is 0 Å². The van der Waals surface area contributed by atoms with Gasteiger partial charge in [-0.2, -0.15) is 0 Å². The third-order valence-electron chi connectivity index (χ3n) is 1.15. The van der Waals surface area contributed by atoms with Crippen LogP contribution in [-0.4, -0.2) is 9.30 Å². The topological polar surface area (TPSA) is 9.23 Å². The highest BCUT2D eigenvalue weighted by atomic mass is 79.9. The van der Waals surface area contributed by atoms with Gasteiger partial charge in [-0.1, -0.05) is 61.7 Å². The molecule has 4 heteroatoms. The van der Waals surface area contributed by atoms with Gasteiger partial charge in [0.05, 0.1) is 0 Å². The summed E-state index contributed by atoms with van der Waals surface area (Å²) in [7, 11) is 0. The second-order valence-corrected chi connectivity index (χ2v) is 7.55. The predicted octanol–water partition coefficient (Wildman–Crippen LogP) is 3.75. The molecule has 0 amide bonds. The van der Waals surface area contributed by atoms with E-state index in [0.717, 1.165) is 5.75 Å². The number of halogens is 3. The molecule has 0 heterocycles. The van der Waals surface area contributed by atoms with Crippen molar-refractivity contribution in [2.75, 3.05) is 6.61 Å². The van der Waals surface area contributed by atoms with E-state index >= 15 is 0 Å². The summed E-state index contributed by atoms with van der Waals surface area (Å²) in [4.78, 5) is 0. The van der Waals surface area contributed by atoms with E-state index in [1.165, 1.54) is 0 Å². The van der Waals surface area contributed by atoms with Crippen LogP contribution >= 0.6 is 43.5 Å². The van der Waals surface area contributed by atoms with Crippen LogP contribution < -0.4 is 4.74 Å². The highest BCUT2D eigenvalue weighted by molar-refractivity contribution is 9.26. The number of hydrogen-bond acceptors (Lipinski definition) is 1. The van der Waals surface area contributed by atoms with Crippen LogP contribution in [0.5, 0.6) is 5.75 Å². The SMILES string of the molecule is ClC(Br)(Br)COc1ccccc1. The lowest BCUT2D eigenvalue weighted by molar-refractivity contribution is 0.332. The van der Waals surface area contributed by atoms with Gasteiger partial charge in [0.1, 0.15) is 12.4 Å². The Morgan fingerprint density at radius 1 is 1.25 bits per heavy atom. The van der Waals surface area contributed by atoms with Crippen molar-refractivity contribution >= 4 is 43.5 Å². The summed E-state index contributed by atoms with van der Waals surface area (Å²) in [5, 5.41) is 0. The summed E-state index contributed by atoms with van der Waals surface area (Å²) in [5.41, 5.74) is 0. The molecule has 12 heavy (non-hydrogen) atoms. The van der Waals surface area contributed by atoms with Crippen LogP contribution in [-0.2, 0) is 0 Å². The van der Waals surface area contributed by atoms with E-state index in [0.29, 0.717) is 6.61 Å². The van der Waals surface area contributed by atoms with Crippen LogP contribution in [0.4, 0.5) is 0 Å². The Morgan fingerprint density at radius 2 is 1.83 bits per heavy atom. The Bertz CT molecular complexity index is 233. The van der Waals surface area contributed by atoms with Crippen LogP contribution in [0.25, 0.3) is 0 Å². The van der Waals surface area contributed by atoms with Crippen molar-refractivity contribution in [1.29, 1.82) is 0 Å². The highest BCUT2D eigenvalue weighted by Crippen LogP contribution is 2.31. The Labute approximate surface area is 93.3 Å². The summed E-state index contributed by atoms with van der Waals surface area (Å²) < 4.78 is 4.67. The molecule has 1 aromatic rings. The van der Waals surface area contributed by atoms with Crippen LogP contribution in [0.1, 0.15) is 0 Å². The largest absolute Gasteiger partial charge is 0.490 e. The number of ether oxygens (including phenoxy) is 1. The molecule has 0 saturated heterocycles. The minimum Gasteiger partial charge on any atom is -0.490 e. The van der Waals surface area contributed by atoms with Gasteiger partial charge in [-0.25, -0.2) is 0 Å².